The second kappa shape index (κ2) is 6.66. The van der Waals surface area contributed by atoms with Crippen LogP contribution in [-0.4, -0.2) is 24.7 Å². The molecule has 0 atom stereocenters. The SMILES string of the molecule is C=C(C)COCCNc1cc(C#N)cc(C)n1. The van der Waals surface area contributed by atoms with Crippen molar-refractivity contribution in [2.45, 2.75) is 13.8 Å². The van der Waals surface area contributed by atoms with Crippen molar-refractivity contribution in [2.24, 2.45) is 0 Å². The Morgan fingerprint density at radius 2 is 2.35 bits per heavy atom. The fourth-order valence-electron chi connectivity index (χ4n) is 1.32. The van der Waals surface area contributed by atoms with Crippen molar-refractivity contribution in [2.75, 3.05) is 25.1 Å². The van der Waals surface area contributed by atoms with Gasteiger partial charge in [0.05, 0.1) is 24.8 Å². The number of aromatic nitrogens is 1. The summed E-state index contributed by atoms with van der Waals surface area (Å²) in [6.07, 6.45) is 0. The molecule has 1 heterocycles. The molecule has 0 aromatic carbocycles. The molecule has 0 aliphatic heterocycles. The predicted molar refractivity (Wildman–Crippen MR) is 67.8 cm³/mol. The Balaban J connectivity index is 2.39. The molecule has 1 rings (SSSR count). The molecule has 0 spiro atoms. The number of ether oxygens (including phenoxy) is 1. The van der Waals surface area contributed by atoms with Gasteiger partial charge in [0.25, 0.3) is 0 Å². The predicted octanol–water partition coefficient (Wildman–Crippen LogP) is 2.27. The van der Waals surface area contributed by atoms with E-state index in [1.165, 1.54) is 0 Å². The van der Waals surface area contributed by atoms with Crippen molar-refractivity contribution >= 4 is 5.82 Å². The molecule has 0 fully saturated rings. The van der Waals surface area contributed by atoms with Gasteiger partial charge < -0.3 is 10.1 Å². The van der Waals surface area contributed by atoms with Crippen molar-refractivity contribution in [1.29, 1.82) is 5.26 Å². The first-order valence-corrected chi connectivity index (χ1v) is 5.46. The molecule has 1 N–H and O–H groups in total. The van der Waals surface area contributed by atoms with Gasteiger partial charge in [0.15, 0.2) is 0 Å². The summed E-state index contributed by atoms with van der Waals surface area (Å²) in [5, 5.41) is 11.9. The number of pyridine rings is 1. The highest BCUT2D eigenvalue weighted by molar-refractivity contribution is 5.44. The Morgan fingerprint density at radius 1 is 1.59 bits per heavy atom. The van der Waals surface area contributed by atoms with E-state index in [-0.39, 0.29) is 0 Å². The van der Waals surface area contributed by atoms with Gasteiger partial charge in [-0.15, -0.1) is 0 Å². The molecular weight excluding hydrogens is 214 g/mol. The molecule has 0 unspecified atom stereocenters. The number of nitrogens with zero attached hydrogens (tertiary/aromatic N) is 2. The number of hydrogen-bond donors (Lipinski definition) is 1. The molecule has 0 saturated carbocycles. The van der Waals surface area contributed by atoms with Crippen LogP contribution in [0.1, 0.15) is 18.2 Å². The second-order valence-electron chi connectivity index (χ2n) is 3.93. The van der Waals surface area contributed by atoms with Gasteiger partial charge in [0.2, 0.25) is 0 Å². The lowest BCUT2D eigenvalue weighted by molar-refractivity contribution is 0.167. The Kier molecular flexibility index (Phi) is 5.18. The van der Waals surface area contributed by atoms with E-state index >= 15 is 0 Å². The Bertz CT molecular complexity index is 435. The number of anilines is 1. The summed E-state index contributed by atoms with van der Waals surface area (Å²) in [6, 6.07) is 5.58. The van der Waals surface area contributed by atoms with Crippen molar-refractivity contribution in [1.82, 2.24) is 4.98 Å². The van der Waals surface area contributed by atoms with Crippen molar-refractivity contribution in [3.63, 3.8) is 0 Å². The molecule has 1 aromatic heterocycles. The van der Waals surface area contributed by atoms with Crippen molar-refractivity contribution < 1.29 is 4.74 Å². The van der Waals surface area contributed by atoms with Crippen LogP contribution in [0, 0.1) is 18.3 Å². The first kappa shape index (κ1) is 13.2. The lowest BCUT2D eigenvalue weighted by Crippen LogP contribution is -2.11. The van der Waals surface area contributed by atoms with E-state index in [0.717, 1.165) is 11.3 Å². The van der Waals surface area contributed by atoms with E-state index in [1.807, 2.05) is 13.8 Å². The lowest BCUT2D eigenvalue weighted by atomic mass is 10.2. The van der Waals surface area contributed by atoms with Gasteiger partial charge in [0, 0.05) is 12.2 Å². The van der Waals surface area contributed by atoms with Gasteiger partial charge in [-0.25, -0.2) is 4.98 Å². The molecule has 0 aliphatic carbocycles. The molecule has 0 bridgehead atoms. The topological polar surface area (TPSA) is 57.9 Å². The number of hydrogen-bond acceptors (Lipinski definition) is 4. The summed E-state index contributed by atoms with van der Waals surface area (Å²) in [5.41, 5.74) is 2.45. The molecule has 1 aromatic rings. The standard InChI is InChI=1S/C13H17N3O/c1-10(2)9-17-5-4-15-13-7-12(8-14)6-11(3)16-13/h6-7H,1,4-5,9H2,2-3H3,(H,15,16). The Morgan fingerprint density at radius 3 is 3.00 bits per heavy atom. The maximum atomic E-state index is 8.82. The van der Waals surface area contributed by atoms with E-state index in [9.17, 15) is 0 Å². The van der Waals surface area contributed by atoms with Crippen LogP contribution in [-0.2, 0) is 4.74 Å². The lowest BCUT2D eigenvalue weighted by Gasteiger charge is -2.07. The summed E-state index contributed by atoms with van der Waals surface area (Å²) in [5.74, 6) is 0.709. The van der Waals surface area contributed by atoms with Gasteiger partial charge in [-0.05, 0) is 26.0 Å². The van der Waals surface area contributed by atoms with E-state index in [4.69, 9.17) is 10.00 Å². The number of rotatable bonds is 6. The fourth-order valence-corrected chi connectivity index (χ4v) is 1.32. The van der Waals surface area contributed by atoms with Crippen LogP contribution in [0.15, 0.2) is 24.3 Å². The van der Waals surface area contributed by atoms with Crippen LogP contribution in [0.2, 0.25) is 0 Å². The van der Waals surface area contributed by atoms with Crippen LogP contribution in [0.25, 0.3) is 0 Å². The monoisotopic (exact) mass is 231 g/mol. The van der Waals surface area contributed by atoms with Gasteiger partial charge in [0.1, 0.15) is 5.82 Å². The summed E-state index contributed by atoms with van der Waals surface area (Å²) in [7, 11) is 0. The third-order valence-corrected chi connectivity index (χ3v) is 1.98. The highest BCUT2D eigenvalue weighted by atomic mass is 16.5. The quantitative estimate of drug-likeness (QED) is 0.602. The Labute approximate surface area is 102 Å². The molecule has 0 aliphatic rings. The van der Waals surface area contributed by atoms with Crippen LogP contribution in [0.5, 0.6) is 0 Å². The number of nitriles is 1. The average molecular weight is 231 g/mol. The highest BCUT2D eigenvalue weighted by Crippen LogP contribution is 2.08. The molecule has 0 radical (unpaired) electrons. The van der Waals surface area contributed by atoms with E-state index < -0.39 is 0 Å². The molecule has 0 saturated heterocycles. The van der Waals surface area contributed by atoms with E-state index in [2.05, 4.69) is 22.9 Å². The first-order valence-electron chi connectivity index (χ1n) is 5.46. The van der Waals surface area contributed by atoms with Crippen LogP contribution in [0.3, 0.4) is 0 Å². The first-order chi connectivity index (χ1) is 8.11. The third-order valence-electron chi connectivity index (χ3n) is 1.98. The molecule has 17 heavy (non-hydrogen) atoms. The molecule has 90 valence electrons. The summed E-state index contributed by atoms with van der Waals surface area (Å²) < 4.78 is 5.35. The van der Waals surface area contributed by atoms with Gasteiger partial charge in [-0.3, -0.25) is 0 Å². The maximum absolute atomic E-state index is 8.82. The minimum absolute atomic E-state index is 0.576. The minimum atomic E-state index is 0.576. The smallest absolute Gasteiger partial charge is 0.127 e. The molecule has 4 nitrogen and oxygen atoms in total. The van der Waals surface area contributed by atoms with Crippen LogP contribution >= 0.6 is 0 Å². The zero-order chi connectivity index (χ0) is 12.7. The normalized spacial score (nSPS) is 9.71. The summed E-state index contributed by atoms with van der Waals surface area (Å²) in [6.45, 7) is 9.37. The van der Waals surface area contributed by atoms with Gasteiger partial charge in [-0.1, -0.05) is 12.2 Å². The van der Waals surface area contributed by atoms with Crippen molar-refractivity contribution in [3.8, 4) is 6.07 Å². The van der Waals surface area contributed by atoms with E-state index in [1.54, 1.807) is 12.1 Å². The summed E-state index contributed by atoms with van der Waals surface area (Å²) in [4.78, 5) is 4.28. The van der Waals surface area contributed by atoms with Crippen LogP contribution in [0.4, 0.5) is 5.82 Å². The zero-order valence-electron chi connectivity index (χ0n) is 10.3. The van der Waals surface area contributed by atoms with Crippen LogP contribution < -0.4 is 5.32 Å². The second-order valence-corrected chi connectivity index (χ2v) is 3.93. The largest absolute Gasteiger partial charge is 0.375 e. The number of aryl methyl sites for hydroxylation is 1. The maximum Gasteiger partial charge on any atom is 0.127 e. The minimum Gasteiger partial charge on any atom is -0.375 e. The van der Waals surface area contributed by atoms with Crippen molar-refractivity contribution in [3.05, 3.63) is 35.5 Å². The highest BCUT2D eigenvalue weighted by Gasteiger charge is 1.99. The van der Waals surface area contributed by atoms with E-state index in [0.29, 0.717) is 31.1 Å². The molecular formula is C13H17N3O. The van der Waals surface area contributed by atoms with Gasteiger partial charge in [-0.2, -0.15) is 5.26 Å². The fraction of sp³-hybridized carbons (Fsp3) is 0.385. The Hall–Kier alpha value is -1.86. The number of nitrogens with one attached hydrogen (secondary N) is 1. The van der Waals surface area contributed by atoms with Gasteiger partial charge >= 0.3 is 0 Å². The zero-order valence-corrected chi connectivity index (χ0v) is 10.3. The summed E-state index contributed by atoms with van der Waals surface area (Å²) >= 11 is 0. The molecule has 4 heteroatoms. The third kappa shape index (κ3) is 5.14. The molecule has 0 amide bonds. The average Bonchev–Trinajstić information content (AvgIpc) is 2.27.